The molecule has 1 aromatic carbocycles. The van der Waals surface area contributed by atoms with E-state index in [0.29, 0.717) is 5.89 Å². The van der Waals surface area contributed by atoms with Gasteiger partial charge in [-0.3, -0.25) is 0 Å². The van der Waals surface area contributed by atoms with Gasteiger partial charge < -0.3 is 15.5 Å². The van der Waals surface area contributed by atoms with Crippen LogP contribution in [-0.4, -0.2) is 17.2 Å². The van der Waals surface area contributed by atoms with Crippen LogP contribution in [0, 0.1) is 0 Å². The molecule has 0 bridgehead atoms. The van der Waals surface area contributed by atoms with Crippen LogP contribution >= 0.6 is 0 Å². The minimum atomic E-state index is 0.0873. The molecule has 0 saturated heterocycles. The number of nitrogens with two attached hydrogens (primary N) is 1. The summed E-state index contributed by atoms with van der Waals surface area (Å²) in [4.78, 5) is 0. The number of nitrogens with zero attached hydrogens (tertiary/aromatic N) is 2. The first kappa shape index (κ1) is 9.67. The third kappa shape index (κ3) is 2.13. The summed E-state index contributed by atoms with van der Waals surface area (Å²) in [6, 6.07) is 7.96. The smallest absolute Gasteiger partial charge is 0.313 e. The fraction of sp³-hybridized carbons (Fsp3) is 0.200. The lowest BCUT2D eigenvalue weighted by Crippen LogP contribution is -2.04. The van der Waals surface area contributed by atoms with Crippen molar-refractivity contribution >= 4 is 6.01 Å². The normalized spacial score (nSPS) is 10.5. The Morgan fingerprint density at radius 1 is 1.27 bits per heavy atom. The molecule has 0 aliphatic carbocycles. The molecule has 0 fully saturated rings. The lowest BCUT2D eigenvalue weighted by molar-refractivity contribution is 0.590. The molecule has 2 rings (SSSR count). The van der Waals surface area contributed by atoms with Crippen LogP contribution in [0.2, 0.25) is 0 Å². The van der Waals surface area contributed by atoms with E-state index in [4.69, 9.17) is 10.2 Å². The SMILES string of the molecule is CNCc1ccc(-c2nnc(N)o2)cc1. The Balaban J connectivity index is 2.23. The molecule has 0 unspecified atom stereocenters. The summed E-state index contributed by atoms with van der Waals surface area (Å²) in [7, 11) is 1.91. The maximum Gasteiger partial charge on any atom is 0.313 e. The molecule has 0 saturated carbocycles. The molecular weight excluding hydrogens is 192 g/mol. The van der Waals surface area contributed by atoms with Crippen LogP contribution in [0.25, 0.3) is 11.5 Å². The highest BCUT2D eigenvalue weighted by Gasteiger charge is 2.05. The standard InChI is InChI=1S/C10H12N4O/c1-12-6-7-2-4-8(5-3-7)9-13-14-10(11)15-9/h2-5,12H,6H2,1H3,(H2,11,14). The highest BCUT2D eigenvalue weighted by atomic mass is 16.4. The molecule has 78 valence electrons. The van der Waals surface area contributed by atoms with Crippen molar-refractivity contribution in [2.75, 3.05) is 12.8 Å². The molecule has 0 atom stereocenters. The Morgan fingerprint density at radius 2 is 2.00 bits per heavy atom. The van der Waals surface area contributed by atoms with Crippen LogP contribution in [0.3, 0.4) is 0 Å². The number of aromatic nitrogens is 2. The number of hydrogen-bond acceptors (Lipinski definition) is 5. The predicted molar refractivity (Wildman–Crippen MR) is 56.9 cm³/mol. The highest BCUT2D eigenvalue weighted by Crippen LogP contribution is 2.18. The molecule has 5 nitrogen and oxygen atoms in total. The molecule has 0 aliphatic rings. The summed E-state index contributed by atoms with van der Waals surface area (Å²) >= 11 is 0. The van der Waals surface area contributed by atoms with E-state index in [9.17, 15) is 0 Å². The van der Waals surface area contributed by atoms with Gasteiger partial charge in [0.1, 0.15) is 0 Å². The van der Waals surface area contributed by atoms with E-state index >= 15 is 0 Å². The first-order valence-corrected chi connectivity index (χ1v) is 4.62. The minimum absolute atomic E-state index is 0.0873. The largest absolute Gasteiger partial charge is 0.404 e. The van der Waals surface area contributed by atoms with Crippen molar-refractivity contribution in [3.8, 4) is 11.5 Å². The first-order valence-electron chi connectivity index (χ1n) is 4.62. The molecule has 0 spiro atoms. The van der Waals surface area contributed by atoms with Gasteiger partial charge in [-0.15, -0.1) is 5.10 Å². The van der Waals surface area contributed by atoms with Gasteiger partial charge >= 0.3 is 6.01 Å². The molecule has 0 amide bonds. The second kappa shape index (κ2) is 4.10. The Morgan fingerprint density at radius 3 is 2.53 bits per heavy atom. The molecule has 15 heavy (non-hydrogen) atoms. The van der Waals surface area contributed by atoms with Crippen molar-refractivity contribution in [2.24, 2.45) is 0 Å². The molecule has 1 heterocycles. The van der Waals surface area contributed by atoms with Crippen LogP contribution < -0.4 is 11.1 Å². The van der Waals surface area contributed by atoms with Crippen molar-refractivity contribution in [3.05, 3.63) is 29.8 Å². The van der Waals surface area contributed by atoms with Gasteiger partial charge in [0, 0.05) is 12.1 Å². The maximum absolute atomic E-state index is 5.34. The topological polar surface area (TPSA) is 77.0 Å². The lowest BCUT2D eigenvalue weighted by atomic mass is 10.1. The molecule has 1 aromatic heterocycles. The van der Waals surface area contributed by atoms with Gasteiger partial charge in [0.25, 0.3) is 0 Å². The quantitative estimate of drug-likeness (QED) is 0.781. The van der Waals surface area contributed by atoms with Crippen LogP contribution in [0.15, 0.2) is 28.7 Å². The Hall–Kier alpha value is -1.88. The summed E-state index contributed by atoms with van der Waals surface area (Å²) in [5.41, 5.74) is 7.42. The zero-order chi connectivity index (χ0) is 10.7. The average molecular weight is 204 g/mol. The fourth-order valence-corrected chi connectivity index (χ4v) is 1.32. The van der Waals surface area contributed by atoms with Gasteiger partial charge in [-0.05, 0) is 24.7 Å². The number of hydrogen-bond donors (Lipinski definition) is 2. The second-order valence-electron chi connectivity index (χ2n) is 3.17. The molecule has 3 N–H and O–H groups in total. The molecule has 5 heteroatoms. The highest BCUT2D eigenvalue weighted by molar-refractivity contribution is 5.53. The summed E-state index contributed by atoms with van der Waals surface area (Å²) in [5.74, 6) is 0.448. The van der Waals surface area contributed by atoms with Crippen molar-refractivity contribution in [1.82, 2.24) is 15.5 Å². The van der Waals surface area contributed by atoms with Gasteiger partial charge in [0.2, 0.25) is 5.89 Å². The number of rotatable bonds is 3. The van der Waals surface area contributed by atoms with Crippen LogP contribution in [0.1, 0.15) is 5.56 Å². The van der Waals surface area contributed by atoms with Crippen molar-refractivity contribution in [3.63, 3.8) is 0 Å². The summed E-state index contributed by atoms with van der Waals surface area (Å²) in [5, 5.41) is 10.5. The van der Waals surface area contributed by atoms with Crippen molar-refractivity contribution in [2.45, 2.75) is 6.54 Å². The summed E-state index contributed by atoms with van der Waals surface area (Å²) in [6.07, 6.45) is 0. The maximum atomic E-state index is 5.34. The average Bonchev–Trinajstić information content (AvgIpc) is 2.67. The van der Waals surface area contributed by atoms with E-state index in [1.807, 2.05) is 31.3 Å². The summed E-state index contributed by atoms with van der Waals surface area (Å²) < 4.78 is 5.11. The van der Waals surface area contributed by atoms with Gasteiger partial charge in [0.05, 0.1) is 0 Å². The van der Waals surface area contributed by atoms with Crippen LogP contribution in [0.5, 0.6) is 0 Å². The fourth-order valence-electron chi connectivity index (χ4n) is 1.32. The Kier molecular flexibility index (Phi) is 2.64. The van der Waals surface area contributed by atoms with Gasteiger partial charge in [0.15, 0.2) is 0 Å². The van der Waals surface area contributed by atoms with Gasteiger partial charge in [-0.1, -0.05) is 17.2 Å². The lowest BCUT2D eigenvalue weighted by Gasteiger charge is -2.00. The van der Waals surface area contributed by atoms with E-state index in [1.54, 1.807) is 0 Å². The third-order valence-electron chi connectivity index (χ3n) is 2.02. The number of nitrogen functional groups attached to an aromatic ring is 1. The third-order valence-corrected chi connectivity index (χ3v) is 2.02. The molecule has 0 aliphatic heterocycles. The van der Waals surface area contributed by atoms with E-state index in [-0.39, 0.29) is 6.01 Å². The predicted octanol–water partition coefficient (Wildman–Crippen LogP) is 1.04. The molecule has 2 aromatic rings. The molecule has 0 radical (unpaired) electrons. The Labute approximate surface area is 87.3 Å². The van der Waals surface area contributed by atoms with Crippen LogP contribution in [-0.2, 0) is 6.54 Å². The number of nitrogens with one attached hydrogen (secondary N) is 1. The Bertz CT molecular complexity index is 435. The zero-order valence-electron chi connectivity index (χ0n) is 8.40. The number of anilines is 1. The monoisotopic (exact) mass is 204 g/mol. The van der Waals surface area contributed by atoms with Gasteiger partial charge in [-0.25, -0.2) is 0 Å². The van der Waals surface area contributed by atoms with E-state index in [0.717, 1.165) is 12.1 Å². The van der Waals surface area contributed by atoms with Crippen LogP contribution in [0.4, 0.5) is 6.01 Å². The summed E-state index contributed by atoms with van der Waals surface area (Å²) in [6.45, 7) is 0.840. The minimum Gasteiger partial charge on any atom is -0.404 e. The first-order chi connectivity index (χ1) is 7.29. The second-order valence-corrected chi connectivity index (χ2v) is 3.17. The van der Waals surface area contributed by atoms with E-state index in [1.165, 1.54) is 5.56 Å². The zero-order valence-corrected chi connectivity index (χ0v) is 8.40. The van der Waals surface area contributed by atoms with E-state index < -0.39 is 0 Å². The number of benzene rings is 1. The molecular formula is C10H12N4O. The van der Waals surface area contributed by atoms with Crippen molar-refractivity contribution in [1.29, 1.82) is 0 Å². The van der Waals surface area contributed by atoms with Crippen molar-refractivity contribution < 1.29 is 4.42 Å². The van der Waals surface area contributed by atoms with E-state index in [2.05, 4.69) is 15.5 Å². The van der Waals surface area contributed by atoms with Gasteiger partial charge in [-0.2, -0.15) is 0 Å².